The van der Waals surface area contributed by atoms with Crippen molar-refractivity contribution in [2.45, 2.75) is 78.6 Å². The number of hydrogen-bond acceptors (Lipinski definition) is 2. The van der Waals surface area contributed by atoms with Crippen molar-refractivity contribution in [2.75, 3.05) is 4.90 Å². The van der Waals surface area contributed by atoms with E-state index >= 15 is 0 Å². The van der Waals surface area contributed by atoms with Crippen LogP contribution in [0.25, 0.3) is 55.3 Å². The Balaban J connectivity index is 1.22. The van der Waals surface area contributed by atoms with Crippen LogP contribution in [-0.2, 0) is 16.2 Å². The Bertz CT molecular complexity index is 2930. The molecule has 2 heteroatoms. The minimum atomic E-state index is -0.164. The largest absolute Gasteiger partial charge is 0.455 e. The Hall–Kier alpha value is -5.86. The Morgan fingerprint density at radius 1 is 0.464 bits per heavy atom. The molecule has 0 radical (unpaired) electrons. The first kappa shape index (κ1) is 34.6. The normalized spacial score (nSPS) is 14.8. The van der Waals surface area contributed by atoms with Crippen LogP contribution in [0.3, 0.4) is 0 Å². The van der Waals surface area contributed by atoms with E-state index in [4.69, 9.17) is 4.42 Å². The molecule has 2 aliphatic carbocycles. The molecule has 0 bridgehead atoms. The van der Waals surface area contributed by atoms with Gasteiger partial charge in [0, 0.05) is 44.1 Å². The maximum atomic E-state index is 6.81. The van der Waals surface area contributed by atoms with Crippen molar-refractivity contribution < 1.29 is 4.42 Å². The van der Waals surface area contributed by atoms with Crippen molar-refractivity contribution >= 4 is 39.0 Å². The number of para-hydroxylation sites is 2. The molecule has 10 rings (SSSR count). The molecule has 2 aliphatic rings. The highest BCUT2D eigenvalue weighted by Crippen LogP contribution is 2.54. The summed E-state index contributed by atoms with van der Waals surface area (Å²) in [6, 6.07) is 50.3. The fourth-order valence-corrected chi connectivity index (χ4v) is 9.82. The highest BCUT2D eigenvalue weighted by Gasteiger charge is 2.38. The first-order valence-electron chi connectivity index (χ1n) is 20.1. The SMILES string of the molecule is Cc1ccc(-c2cccc3c2oc2c(C)cccc23)c(N(c2ccc3c(c2)C(C)(C)c2ccccc2-3)c2ccc3c(c2)C(C)(C)c2cc(C(C)(C)C)ccc2-3)c1. The van der Waals surface area contributed by atoms with Crippen LogP contribution in [0.2, 0.25) is 0 Å². The minimum absolute atomic E-state index is 0.0752. The summed E-state index contributed by atoms with van der Waals surface area (Å²) in [6.07, 6.45) is 0. The quantitative estimate of drug-likeness (QED) is 0.179. The molecular weight excluding hydrogens is 679 g/mol. The van der Waals surface area contributed by atoms with Crippen molar-refractivity contribution in [1.29, 1.82) is 0 Å². The molecule has 0 unspecified atom stereocenters. The molecule has 0 atom stereocenters. The van der Waals surface area contributed by atoms with Crippen LogP contribution in [0, 0.1) is 13.8 Å². The van der Waals surface area contributed by atoms with Crippen LogP contribution in [0.4, 0.5) is 17.1 Å². The van der Waals surface area contributed by atoms with Gasteiger partial charge in [0.15, 0.2) is 0 Å². The van der Waals surface area contributed by atoms with Gasteiger partial charge in [0.25, 0.3) is 0 Å². The van der Waals surface area contributed by atoms with Crippen molar-refractivity contribution in [3.05, 3.63) is 172 Å². The zero-order chi connectivity index (χ0) is 38.9. The van der Waals surface area contributed by atoms with Crippen LogP contribution in [0.15, 0.2) is 138 Å². The summed E-state index contributed by atoms with van der Waals surface area (Å²) in [6.45, 7) is 20.8. The van der Waals surface area contributed by atoms with Crippen LogP contribution in [-0.4, -0.2) is 0 Å². The number of fused-ring (bicyclic) bond motifs is 9. The fraction of sp³-hybridized carbons (Fsp3) is 0.222. The van der Waals surface area contributed by atoms with Gasteiger partial charge >= 0.3 is 0 Å². The Kier molecular flexibility index (Phi) is 7.31. The van der Waals surface area contributed by atoms with Crippen molar-refractivity contribution in [3.8, 4) is 33.4 Å². The van der Waals surface area contributed by atoms with E-state index in [1.165, 1.54) is 55.6 Å². The number of benzene rings is 7. The summed E-state index contributed by atoms with van der Waals surface area (Å²) in [5.74, 6) is 0. The van der Waals surface area contributed by atoms with E-state index in [0.717, 1.165) is 55.7 Å². The van der Waals surface area contributed by atoms with E-state index in [9.17, 15) is 0 Å². The molecular formula is C54H49NO. The van der Waals surface area contributed by atoms with Crippen molar-refractivity contribution in [1.82, 2.24) is 0 Å². The number of furan rings is 1. The first-order valence-corrected chi connectivity index (χ1v) is 20.1. The highest BCUT2D eigenvalue weighted by molar-refractivity contribution is 6.11. The second kappa shape index (κ2) is 11.8. The standard InChI is InChI=1S/C54H49NO/c1-32-20-24-41(42-17-13-18-44-43-16-12-14-33(2)50(43)56-51(42)44)49(28-32)55(35-22-26-39-37-15-10-11-19-45(37)53(6,7)47(39)30-35)36-23-27-40-38-25-21-34(52(3,4)5)29-46(38)54(8,9)48(40)31-36/h10-31H,1-9H3. The molecule has 276 valence electrons. The van der Waals surface area contributed by atoms with E-state index in [0.29, 0.717) is 0 Å². The number of nitrogens with zero attached hydrogens (tertiary/aromatic N) is 1. The first-order chi connectivity index (χ1) is 26.7. The number of rotatable bonds is 4. The van der Waals surface area contributed by atoms with Crippen LogP contribution in [0.1, 0.15) is 87.4 Å². The average molecular weight is 728 g/mol. The monoisotopic (exact) mass is 727 g/mol. The Labute approximate surface area is 331 Å². The molecule has 0 saturated heterocycles. The smallest absolute Gasteiger partial charge is 0.143 e. The molecule has 0 spiro atoms. The Morgan fingerprint density at radius 2 is 1.00 bits per heavy atom. The second-order valence-electron chi connectivity index (χ2n) is 18.4. The maximum Gasteiger partial charge on any atom is 0.143 e. The molecule has 1 heterocycles. The lowest BCUT2D eigenvalue weighted by atomic mass is 9.79. The summed E-state index contributed by atoms with van der Waals surface area (Å²) in [7, 11) is 0. The number of hydrogen-bond donors (Lipinski definition) is 0. The van der Waals surface area contributed by atoms with Crippen molar-refractivity contribution in [3.63, 3.8) is 0 Å². The van der Waals surface area contributed by atoms with Gasteiger partial charge in [-0.1, -0.05) is 152 Å². The third-order valence-electron chi connectivity index (χ3n) is 13.0. The molecule has 7 aromatic carbocycles. The van der Waals surface area contributed by atoms with Gasteiger partial charge in [-0.05, 0) is 111 Å². The lowest BCUT2D eigenvalue weighted by molar-refractivity contribution is 0.584. The summed E-state index contributed by atoms with van der Waals surface area (Å²) in [4.78, 5) is 2.51. The van der Waals surface area contributed by atoms with Gasteiger partial charge in [-0.3, -0.25) is 0 Å². The molecule has 0 fully saturated rings. The molecule has 0 saturated carbocycles. The predicted octanol–water partition coefficient (Wildman–Crippen LogP) is 15.2. The van der Waals surface area contributed by atoms with Crippen LogP contribution >= 0.6 is 0 Å². The van der Waals surface area contributed by atoms with E-state index in [1.54, 1.807) is 0 Å². The summed E-state index contributed by atoms with van der Waals surface area (Å²) in [5, 5.41) is 2.30. The van der Waals surface area contributed by atoms with Gasteiger partial charge in [-0.2, -0.15) is 0 Å². The van der Waals surface area contributed by atoms with E-state index < -0.39 is 0 Å². The highest BCUT2D eigenvalue weighted by atomic mass is 16.3. The number of anilines is 3. The molecule has 8 aromatic rings. The lowest BCUT2D eigenvalue weighted by Crippen LogP contribution is -2.19. The van der Waals surface area contributed by atoms with Gasteiger partial charge < -0.3 is 9.32 Å². The topological polar surface area (TPSA) is 16.4 Å². The molecule has 56 heavy (non-hydrogen) atoms. The zero-order valence-electron chi connectivity index (χ0n) is 34.1. The molecule has 0 aliphatic heterocycles. The van der Waals surface area contributed by atoms with Gasteiger partial charge in [0.05, 0.1) is 5.69 Å². The molecule has 0 N–H and O–H groups in total. The van der Waals surface area contributed by atoms with Gasteiger partial charge in [-0.15, -0.1) is 0 Å². The van der Waals surface area contributed by atoms with Gasteiger partial charge in [-0.25, -0.2) is 0 Å². The maximum absolute atomic E-state index is 6.81. The summed E-state index contributed by atoms with van der Waals surface area (Å²) in [5.41, 5.74) is 21.9. The van der Waals surface area contributed by atoms with Crippen LogP contribution in [0.5, 0.6) is 0 Å². The fourth-order valence-electron chi connectivity index (χ4n) is 9.82. The predicted molar refractivity (Wildman–Crippen MR) is 237 cm³/mol. The van der Waals surface area contributed by atoms with Gasteiger partial charge in [0.1, 0.15) is 11.2 Å². The molecule has 2 nitrogen and oxygen atoms in total. The van der Waals surface area contributed by atoms with E-state index in [-0.39, 0.29) is 16.2 Å². The Morgan fingerprint density at radius 3 is 1.68 bits per heavy atom. The third-order valence-corrected chi connectivity index (χ3v) is 13.0. The second-order valence-corrected chi connectivity index (χ2v) is 18.4. The number of aryl methyl sites for hydroxylation is 2. The third kappa shape index (κ3) is 4.94. The van der Waals surface area contributed by atoms with E-state index in [1.807, 2.05) is 0 Å². The molecule has 1 aromatic heterocycles. The summed E-state index contributed by atoms with van der Waals surface area (Å²) >= 11 is 0. The molecule has 0 amide bonds. The summed E-state index contributed by atoms with van der Waals surface area (Å²) < 4.78 is 6.81. The zero-order valence-corrected chi connectivity index (χ0v) is 34.1. The van der Waals surface area contributed by atoms with Crippen LogP contribution < -0.4 is 4.90 Å². The average Bonchev–Trinajstić information content (AvgIpc) is 3.75. The van der Waals surface area contributed by atoms with E-state index in [2.05, 4.69) is 201 Å². The van der Waals surface area contributed by atoms with Crippen molar-refractivity contribution in [2.24, 2.45) is 0 Å². The lowest BCUT2D eigenvalue weighted by Gasteiger charge is -2.31. The minimum Gasteiger partial charge on any atom is -0.455 e. The van der Waals surface area contributed by atoms with Gasteiger partial charge in [0.2, 0.25) is 0 Å².